The van der Waals surface area contributed by atoms with Gasteiger partial charge in [-0.1, -0.05) is 6.07 Å². The molecule has 3 rings (SSSR count). The van der Waals surface area contributed by atoms with Gasteiger partial charge in [0.15, 0.2) is 5.82 Å². The van der Waals surface area contributed by atoms with Gasteiger partial charge < -0.3 is 10.6 Å². The summed E-state index contributed by atoms with van der Waals surface area (Å²) in [7, 11) is 0. The van der Waals surface area contributed by atoms with Crippen LogP contribution in [0.25, 0.3) is 0 Å². The minimum atomic E-state index is 0.418. The molecule has 1 unspecified atom stereocenters. The molecule has 3 heterocycles. The first-order valence-electron chi connectivity index (χ1n) is 5.88. The fourth-order valence-electron chi connectivity index (χ4n) is 2.10. The molecular formula is C12H15N5. The lowest BCUT2D eigenvalue weighted by atomic mass is 10.2. The van der Waals surface area contributed by atoms with Gasteiger partial charge in [-0.15, -0.1) is 0 Å². The van der Waals surface area contributed by atoms with Crippen molar-refractivity contribution in [2.45, 2.75) is 18.9 Å². The molecule has 1 fully saturated rings. The second kappa shape index (κ2) is 4.55. The highest BCUT2D eigenvalue weighted by molar-refractivity contribution is 5.51. The predicted molar refractivity (Wildman–Crippen MR) is 66.1 cm³/mol. The van der Waals surface area contributed by atoms with Crippen LogP contribution < -0.4 is 10.6 Å². The summed E-state index contributed by atoms with van der Waals surface area (Å²) in [5, 5.41) is 13.9. The second-order valence-corrected chi connectivity index (χ2v) is 4.20. The average molecular weight is 229 g/mol. The minimum Gasteiger partial charge on any atom is -0.323 e. The van der Waals surface area contributed by atoms with Gasteiger partial charge in [0.1, 0.15) is 5.82 Å². The van der Waals surface area contributed by atoms with Crippen LogP contribution in [0.2, 0.25) is 0 Å². The molecule has 0 radical (unpaired) electrons. The molecule has 1 aliphatic heterocycles. The Bertz CT molecular complexity index is 473. The van der Waals surface area contributed by atoms with Crippen molar-refractivity contribution < 1.29 is 0 Å². The molecule has 1 saturated heterocycles. The van der Waals surface area contributed by atoms with Crippen molar-refractivity contribution in [2.24, 2.45) is 0 Å². The van der Waals surface area contributed by atoms with E-state index in [2.05, 4.69) is 25.8 Å². The summed E-state index contributed by atoms with van der Waals surface area (Å²) in [6.45, 7) is 1.09. The van der Waals surface area contributed by atoms with E-state index in [0.717, 1.165) is 23.9 Å². The van der Waals surface area contributed by atoms with Gasteiger partial charge >= 0.3 is 0 Å². The molecule has 5 heteroatoms. The Morgan fingerprint density at radius 1 is 1.29 bits per heavy atom. The molecule has 0 spiro atoms. The number of H-pyrrole nitrogens is 1. The van der Waals surface area contributed by atoms with Crippen LogP contribution in [0.15, 0.2) is 30.5 Å². The van der Waals surface area contributed by atoms with Gasteiger partial charge in [0.2, 0.25) is 0 Å². The van der Waals surface area contributed by atoms with Crippen molar-refractivity contribution in [3.8, 4) is 0 Å². The van der Waals surface area contributed by atoms with Gasteiger partial charge in [-0.05, 0) is 31.5 Å². The Balaban J connectivity index is 1.72. The fraction of sp³-hybridized carbons (Fsp3) is 0.333. The molecule has 0 aliphatic carbocycles. The Kier molecular flexibility index (Phi) is 2.75. The van der Waals surface area contributed by atoms with E-state index < -0.39 is 0 Å². The van der Waals surface area contributed by atoms with Crippen LogP contribution in [-0.2, 0) is 0 Å². The Labute approximate surface area is 99.7 Å². The van der Waals surface area contributed by atoms with E-state index in [1.54, 1.807) is 6.20 Å². The van der Waals surface area contributed by atoms with Gasteiger partial charge in [-0.3, -0.25) is 5.10 Å². The Morgan fingerprint density at radius 2 is 2.29 bits per heavy atom. The zero-order valence-corrected chi connectivity index (χ0v) is 9.48. The SMILES string of the molecule is c1ccc(Nc2cc(C3CCCN3)[nH]n2)nc1. The van der Waals surface area contributed by atoms with Crippen LogP contribution in [0.3, 0.4) is 0 Å². The summed E-state index contributed by atoms with van der Waals surface area (Å²) in [5.41, 5.74) is 1.14. The smallest absolute Gasteiger partial charge is 0.153 e. The summed E-state index contributed by atoms with van der Waals surface area (Å²) < 4.78 is 0. The van der Waals surface area contributed by atoms with E-state index >= 15 is 0 Å². The zero-order valence-electron chi connectivity index (χ0n) is 9.48. The Hall–Kier alpha value is -1.88. The first-order chi connectivity index (χ1) is 8.42. The quantitative estimate of drug-likeness (QED) is 0.753. The molecular weight excluding hydrogens is 214 g/mol. The number of nitrogens with one attached hydrogen (secondary N) is 3. The highest BCUT2D eigenvalue weighted by atomic mass is 15.2. The molecule has 1 aliphatic rings. The second-order valence-electron chi connectivity index (χ2n) is 4.20. The summed E-state index contributed by atoms with van der Waals surface area (Å²) in [5.74, 6) is 1.62. The van der Waals surface area contributed by atoms with E-state index in [-0.39, 0.29) is 0 Å². The lowest BCUT2D eigenvalue weighted by Crippen LogP contribution is -2.12. The maximum Gasteiger partial charge on any atom is 0.153 e. The van der Waals surface area contributed by atoms with Crippen molar-refractivity contribution in [2.75, 3.05) is 11.9 Å². The van der Waals surface area contributed by atoms with Crippen molar-refractivity contribution >= 4 is 11.6 Å². The van der Waals surface area contributed by atoms with Crippen LogP contribution in [-0.4, -0.2) is 21.7 Å². The van der Waals surface area contributed by atoms with Crippen LogP contribution in [0.4, 0.5) is 11.6 Å². The maximum absolute atomic E-state index is 4.24. The molecule has 88 valence electrons. The third kappa shape index (κ3) is 2.29. The highest BCUT2D eigenvalue weighted by Gasteiger charge is 2.18. The minimum absolute atomic E-state index is 0.418. The van der Waals surface area contributed by atoms with Gasteiger partial charge in [0.25, 0.3) is 0 Å². The van der Waals surface area contributed by atoms with E-state index in [4.69, 9.17) is 0 Å². The number of anilines is 2. The topological polar surface area (TPSA) is 65.6 Å². The van der Waals surface area contributed by atoms with E-state index in [9.17, 15) is 0 Å². The lowest BCUT2D eigenvalue weighted by molar-refractivity contribution is 0.625. The molecule has 0 bridgehead atoms. The number of aromatic amines is 1. The van der Waals surface area contributed by atoms with E-state index in [1.807, 2.05) is 24.3 Å². The summed E-state index contributed by atoms with van der Waals surface area (Å²) in [4.78, 5) is 4.20. The highest BCUT2D eigenvalue weighted by Crippen LogP contribution is 2.23. The molecule has 17 heavy (non-hydrogen) atoms. The van der Waals surface area contributed by atoms with Crippen LogP contribution in [0.5, 0.6) is 0 Å². The third-order valence-electron chi connectivity index (χ3n) is 2.95. The van der Waals surface area contributed by atoms with Gasteiger partial charge in [0, 0.05) is 18.3 Å². The first-order valence-corrected chi connectivity index (χ1v) is 5.88. The molecule has 5 nitrogen and oxygen atoms in total. The molecule has 0 aromatic carbocycles. The van der Waals surface area contributed by atoms with E-state index in [0.29, 0.717) is 6.04 Å². The monoisotopic (exact) mass is 229 g/mol. The number of aromatic nitrogens is 3. The number of nitrogens with zero attached hydrogens (tertiary/aromatic N) is 2. The lowest BCUT2D eigenvalue weighted by Gasteiger charge is -2.05. The first kappa shape index (κ1) is 10.3. The summed E-state index contributed by atoms with van der Waals surface area (Å²) in [6.07, 6.45) is 4.16. The van der Waals surface area contributed by atoms with Crippen LogP contribution in [0, 0.1) is 0 Å². The van der Waals surface area contributed by atoms with Gasteiger partial charge in [-0.25, -0.2) is 4.98 Å². The van der Waals surface area contributed by atoms with Crippen molar-refractivity contribution in [3.05, 3.63) is 36.2 Å². The standard InChI is InChI=1S/C12H15N5/c1-2-6-14-11(5-1)15-12-8-10(16-17-12)9-4-3-7-13-9/h1-2,5-6,8-9,13H,3-4,7H2,(H2,14,15,16,17). The predicted octanol–water partition coefficient (Wildman–Crippen LogP) is 1.97. The molecule has 2 aromatic rings. The molecule has 3 N–H and O–H groups in total. The molecule has 2 aromatic heterocycles. The average Bonchev–Trinajstić information content (AvgIpc) is 3.00. The van der Waals surface area contributed by atoms with Crippen LogP contribution in [0.1, 0.15) is 24.6 Å². The maximum atomic E-state index is 4.24. The van der Waals surface area contributed by atoms with Gasteiger partial charge in [0.05, 0.1) is 5.69 Å². The summed E-state index contributed by atoms with van der Waals surface area (Å²) >= 11 is 0. The number of hydrogen-bond donors (Lipinski definition) is 3. The third-order valence-corrected chi connectivity index (χ3v) is 2.95. The van der Waals surface area contributed by atoms with Crippen molar-refractivity contribution in [1.82, 2.24) is 20.5 Å². The number of hydrogen-bond acceptors (Lipinski definition) is 4. The Morgan fingerprint density at radius 3 is 3.06 bits per heavy atom. The zero-order chi connectivity index (χ0) is 11.5. The van der Waals surface area contributed by atoms with Crippen LogP contribution >= 0.6 is 0 Å². The summed E-state index contributed by atoms with van der Waals surface area (Å²) in [6, 6.07) is 8.21. The fourth-order valence-corrected chi connectivity index (χ4v) is 2.10. The normalized spacial score (nSPS) is 19.4. The number of rotatable bonds is 3. The number of pyridine rings is 1. The molecule has 1 atom stereocenters. The largest absolute Gasteiger partial charge is 0.323 e. The molecule has 0 amide bonds. The van der Waals surface area contributed by atoms with Gasteiger partial charge in [-0.2, -0.15) is 5.10 Å². The molecule has 0 saturated carbocycles. The van der Waals surface area contributed by atoms with Crippen molar-refractivity contribution in [1.29, 1.82) is 0 Å². The van der Waals surface area contributed by atoms with Crippen molar-refractivity contribution in [3.63, 3.8) is 0 Å². The van der Waals surface area contributed by atoms with E-state index in [1.165, 1.54) is 12.8 Å².